The fraction of sp³-hybridized carbons (Fsp3) is 0.538. The van der Waals surface area contributed by atoms with Crippen molar-refractivity contribution < 1.29 is 4.79 Å². The Balaban J connectivity index is 2.39. The summed E-state index contributed by atoms with van der Waals surface area (Å²) in [4.78, 5) is 16.1. The van der Waals surface area contributed by atoms with E-state index in [1.807, 2.05) is 18.7 Å². The van der Waals surface area contributed by atoms with Crippen molar-refractivity contribution in [3.05, 3.63) is 23.4 Å². The average molecular weight is 282 g/mol. The minimum Gasteiger partial charge on any atom is -0.352 e. The summed E-state index contributed by atoms with van der Waals surface area (Å²) in [6, 6.07) is 3.40. The van der Waals surface area contributed by atoms with Gasteiger partial charge in [0.15, 0.2) is 0 Å². The van der Waals surface area contributed by atoms with Crippen LogP contribution in [0.2, 0.25) is 0 Å². The zero-order valence-electron chi connectivity index (χ0n) is 11.5. The molecule has 0 aliphatic heterocycles. The Morgan fingerprint density at radius 1 is 1.37 bits per heavy atom. The molecule has 0 fully saturated rings. The van der Waals surface area contributed by atoms with Crippen LogP contribution in [0.3, 0.4) is 0 Å². The zero-order valence-corrected chi connectivity index (χ0v) is 12.3. The number of aryl methyl sites for hydroxylation is 1. The van der Waals surface area contributed by atoms with Crippen molar-refractivity contribution in [2.45, 2.75) is 26.2 Å². The van der Waals surface area contributed by atoms with E-state index in [1.54, 1.807) is 12.1 Å². The molecule has 0 saturated heterocycles. The molecular weight excluding hydrogens is 260 g/mol. The van der Waals surface area contributed by atoms with E-state index in [1.165, 1.54) is 12.2 Å². The summed E-state index contributed by atoms with van der Waals surface area (Å²) in [5, 5.41) is 2.91. The lowest BCUT2D eigenvalue weighted by atomic mass is 10.2. The van der Waals surface area contributed by atoms with Crippen molar-refractivity contribution in [3.63, 3.8) is 0 Å². The van der Waals surface area contributed by atoms with Gasteiger partial charge < -0.3 is 10.7 Å². The summed E-state index contributed by atoms with van der Waals surface area (Å²) in [5.41, 5.74) is 3.81. The molecule has 106 valence electrons. The van der Waals surface area contributed by atoms with Crippen molar-refractivity contribution in [2.75, 3.05) is 24.0 Å². The van der Waals surface area contributed by atoms with Crippen LogP contribution in [0.15, 0.2) is 12.1 Å². The third kappa shape index (κ3) is 5.94. The SMILES string of the molecule is CSCCCCCNC(=O)c1cc(C)nc(NN)c1. The lowest BCUT2D eigenvalue weighted by Crippen LogP contribution is -2.25. The number of hydrogen-bond donors (Lipinski definition) is 3. The Labute approximate surface area is 118 Å². The third-order valence-electron chi connectivity index (χ3n) is 2.67. The highest BCUT2D eigenvalue weighted by Gasteiger charge is 2.07. The summed E-state index contributed by atoms with van der Waals surface area (Å²) in [6.07, 6.45) is 5.47. The summed E-state index contributed by atoms with van der Waals surface area (Å²) in [7, 11) is 0. The van der Waals surface area contributed by atoms with Gasteiger partial charge in [-0.15, -0.1) is 0 Å². The number of thioether (sulfide) groups is 1. The van der Waals surface area contributed by atoms with Gasteiger partial charge in [-0.1, -0.05) is 6.42 Å². The monoisotopic (exact) mass is 282 g/mol. The maximum Gasteiger partial charge on any atom is 0.251 e. The predicted molar refractivity (Wildman–Crippen MR) is 81.4 cm³/mol. The average Bonchev–Trinajstić information content (AvgIpc) is 2.41. The standard InChI is InChI=1S/C13H22N4OS/c1-10-8-11(9-12(16-10)17-14)13(18)15-6-4-3-5-7-19-2/h8-9H,3-7,14H2,1-2H3,(H,15,18)(H,16,17). The van der Waals surface area contributed by atoms with E-state index < -0.39 is 0 Å². The number of anilines is 1. The molecule has 1 aromatic rings. The van der Waals surface area contributed by atoms with Crippen LogP contribution < -0.4 is 16.6 Å². The number of nitrogens with zero attached hydrogens (tertiary/aromatic N) is 1. The fourth-order valence-electron chi connectivity index (χ4n) is 1.73. The number of nitrogens with two attached hydrogens (primary N) is 1. The number of carbonyl (C=O) groups is 1. The number of pyridine rings is 1. The molecule has 0 unspecified atom stereocenters. The maximum atomic E-state index is 11.9. The van der Waals surface area contributed by atoms with Crippen LogP contribution in [0.5, 0.6) is 0 Å². The van der Waals surface area contributed by atoms with E-state index in [0.29, 0.717) is 17.9 Å². The van der Waals surface area contributed by atoms with Crippen molar-refractivity contribution in [1.29, 1.82) is 0 Å². The summed E-state index contributed by atoms with van der Waals surface area (Å²) >= 11 is 1.86. The highest BCUT2D eigenvalue weighted by molar-refractivity contribution is 7.98. The molecule has 0 atom stereocenters. The number of amides is 1. The van der Waals surface area contributed by atoms with Gasteiger partial charge in [-0.25, -0.2) is 10.8 Å². The highest BCUT2D eigenvalue weighted by atomic mass is 32.2. The van der Waals surface area contributed by atoms with Gasteiger partial charge in [0.2, 0.25) is 0 Å². The minimum absolute atomic E-state index is 0.0770. The van der Waals surface area contributed by atoms with E-state index in [4.69, 9.17) is 5.84 Å². The fourth-order valence-corrected chi connectivity index (χ4v) is 2.22. The molecule has 4 N–H and O–H groups in total. The first-order chi connectivity index (χ1) is 9.17. The van der Waals surface area contributed by atoms with E-state index in [0.717, 1.165) is 18.5 Å². The quantitative estimate of drug-likeness (QED) is 0.386. The first-order valence-electron chi connectivity index (χ1n) is 6.40. The van der Waals surface area contributed by atoms with E-state index >= 15 is 0 Å². The number of unbranched alkanes of at least 4 members (excludes halogenated alkanes) is 2. The Morgan fingerprint density at radius 3 is 2.84 bits per heavy atom. The number of aromatic nitrogens is 1. The normalized spacial score (nSPS) is 10.3. The highest BCUT2D eigenvalue weighted by Crippen LogP contribution is 2.09. The smallest absolute Gasteiger partial charge is 0.251 e. The molecule has 0 radical (unpaired) electrons. The summed E-state index contributed by atoms with van der Waals surface area (Å²) in [6.45, 7) is 2.54. The zero-order chi connectivity index (χ0) is 14.1. The second-order valence-electron chi connectivity index (χ2n) is 4.34. The first kappa shape index (κ1) is 15.8. The summed E-state index contributed by atoms with van der Waals surface area (Å²) in [5.74, 6) is 6.92. The first-order valence-corrected chi connectivity index (χ1v) is 7.79. The summed E-state index contributed by atoms with van der Waals surface area (Å²) < 4.78 is 0. The molecular formula is C13H22N4OS. The minimum atomic E-state index is -0.0770. The van der Waals surface area contributed by atoms with Gasteiger partial charge in [0, 0.05) is 17.8 Å². The Bertz CT molecular complexity index is 412. The number of hydrazine groups is 1. The Kier molecular flexibility index (Phi) is 7.28. The molecule has 0 aromatic carbocycles. The Morgan fingerprint density at radius 2 is 2.16 bits per heavy atom. The molecule has 0 saturated carbocycles. The molecule has 0 aliphatic rings. The van der Waals surface area contributed by atoms with Crippen LogP contribution in [0.25, 0.3) is 0 Å². The van der Waals surface area contributed by atoms with E-state index in [-0.39, 0.29) is 5.91 Å². The van der Waals surface area contributed by atoms with E-state index in [2.05, 4.69) is 22.0 Å². The molecule has 0 spiro atoms. The van der Waals surface area contributed by atoms with Crippen LogP contribution in [0.4, 0.5) is 5.82 Å². The van der Waals surface area contributed by atoms with Crippen molar-refractivity contribution in [2.24, 2.45) is 5.84 Å². The number of rotatable bonds is 8. The predicted octanol–water partition coefficient (Wildman–Crippen LogP) is 1.94. The van der Waals surface area contributed by atoms with E-state index in [9.17, 15) is 4.79 Å². The van der Waals surface area contributed by atoms with Gasteiger partial charge in [-0.3, -0.25) is 4.79 Å². The number of carbonyl (C=O) groups excluding carboxylic acids is 1. The lowest BCUT2D eigenvalue weighted by molar-refractivity contribution is 0.0953. The Hall–Kier alpha value is -1.27. The molecule has 1 heterocycles. The molecule has 5 nitrogen and oxygen atoms in total. The third-order valence-corrected chi connectivity index (χ3v) is 3.37. The van der Waals surface area contributed by atoms with Gasteiger partial charge in [0.25, 0.3) is 5.91 Å². The largest absolute Gasteiger partial charge is 0.352 e. The topological polar surface area (TPSA) is 80.0 Å². The molecule has 1 aromatic heterocycles. The van der Waals surface area contributed by atoms with Crippen molar-refractivity contribution >= 4 is 23.5 Å². The molecule has 19 heavy (non-hydrogen) atoms. The molecule has 0 bridgehead atoms. The second kappa shape index (κ2) is 8.77. The molecule has 6 heteroatoms. The van der Waals surface area contributed by atoms with Gasteiger partial charge in [0.1, 0.15) is 5.82 Å². The molecule has 1 rings (SSSR count). The van der Waals surface area contributed by atoms with Crippen molar-refractivity contribution in [3.8, 4) is 0 Å². The number of hydrogen-bond acceptors (Lipinski definition) is 5. The lowest BCUT2D eigenvalue weighted by Gasteiger charge is -2.07. The van der Waals surface area contributed by atoms with Gasteiger partial charge in [-0.05, 0) is 43.9 Å². The maximum absolute atomic E-state index is 11.9. The van der Waals surface area contributed by atoms with Crippen molar-refractivity contribution in [1.82, 2.24) is 10.3 Å². The van der Waals surface area contributed by atoms with Crippen LogP contribution in [-0.4, -0.2) is 29.4 Å². The van der Waals surface area contributed by atoms with Crippen LogP contribution in [0, 0.1) is 6.92 Å². The molecule has 0 aliphatic carbocycles. The van der Waals surface area contributed by atoms with Gasteiger partial charge in [-0.2, -0.15) is 11.8 Å². The second-order valence-corrected chi connectivity index (χ2v) is 5.32. The van der Waals surface area contributed by atoms with Crippen LogP contribution >= 0.6 is 11.8 Å². The van der Waals surface area contributed by atoms with Gasteiger partial charge in [0.05, 0.1) is 0 Å². The van der Waals surface area contributed by atoms with Crippen LogP contribution in [0.1, 0.15) is 35.3 Å². The molecule has 1 amide bonds. The number of nitrogens with one attached hydrogen (secondary N) is 2. The van der Waals surface area contributed by atoms with Gasteiger partial charge >= 0.3 is 0 Å². The van der Waals surface area contributed by atoms with Crippen LogP contribution in [-0.2, 0) is 0 Å². The number of nitrogen functional groups attached to an aromatic ring is 1.